The molecule has 1 heterocycles. The van der Waals surface area contributed by atoms with Crippen LogP contribution in [0.4, 0.5) is 11.5 Å². The van der Waals surface area contributed by atoms with E-state index in [-0.39, 0.29) is 0 Å². The van der Waals surface area contributed by atoms with Crippen LogP contribution in [0.5, 0.6) is 0 Å². The number of thiocarbonyl (C=S) groups is 1. The average molecular weight is 344 g/mol. The molecule has 0 aliphatic carbocycles. The predicted octanol–water partition coefficient (Wildman–Crippen LogP) is 2.80. The van der Waals surface area contributed by atoms with E-state index in [4.69, 9.17) is 17.5 Å². The van der Waals surface area contributed by atoms with Crippen LogP contribution in [0.1, 0.15) is 5.69 Å². The van der Waals surface area contributed by atoms with Gasteiger partial charge in [-0.1, -0.05) is 11.8 Å². The summed E-state index contributed by atoms with van der Waals surface area (Å²) < 4.78 is 0. The molecule has 0 radical (unpaired) electrons. The smallest absolute Gasteiger partial charge is 0.173 e. The van der Waals surface area contributed by atoms with Crippen molar-refractivity contribution in [3.05, 3.63) is 36.2 Å². The highest BCUT2D eigenvalue weighted by molar-refractivity contribution is 7.99. The van der Waals surface area contributed by atoms with Gasteiger partial charge in [0.2, 0.25) is 0 Å². The zero-order chi connectivity index (χ0) is 16.8. The van der Waals surface area contributed by atoms with E-state index >= 15 is 0 Å². The molecule has 0 atom stereocenters. The summed E-state index contributed by atoms with van der Waals surface area (Å²) in [5.41, 5.74) is 1.22. The zero-order valence-corrected chi connectivity index (χ0v) is 14.6. The molecule has 1 aromatic heterocycles. The van der Waals surface area contributed by atoms with Crippen LogP contribution in [0.2, 0.25) is 0 Å². The van der Waals surface area contributed by atoms with Crippen molar-refractivity contribution in [2.75, 3.05) is 31.8 Å². The monoisotopic (exact) mass is 344 g/mol. The quantitative estimate of drug-likeness (QED) is 0.820. The Balaban J connectivity index is 2.15. The largest absolute Gasteiger partial charge is 0.372 e. The molecule has 118 valence electrons. The maximum Gasteiger partial charge on any atom is 0.173 e. The number of rotatable bonds is 4. The highest BCUT2D eigenvalue weighted by Gasteiger charge is 2.09. The summed E-state index contributed by atoms with van der Waals surface area (Å²) >= 11 is 6.60. The van der Waals surface area contributed by atoms with Crippen LogP contribution >= 0.6 is 24.0 Å². The molecule has 23 heavy (non-hydrogen) atoms. The fourth-order valence-corrected chi connectivity index (χ4v) is 2.55. The third-order valence-electron chi connectivity index (χ3n) is 2.83. The summed E-state index contributed by atoms with van der Waals surface area (Å²) in [5, 5.41) is 16.4. The molecule has 8 heteroatoms. The van der Waals surface area contributed by atoms with Crippen molar-refractivity contribution in [2.24, 2.45) is 0 Å². The van der Waals surface area contributed by atoms with Crippen LogP contribution in [0, 0.1) is 11.3 Å². The molecule has 0 unspecified atom stereocenters. The molecule has 2 aromatic rings. The first-order chi connectivity index (χ1) is 11.0. The van der Waals surface area contributed by atoms with Gasteiger partial charge in [0.1, 0.15) is 16.9 Å². The molecule has 0 fully saturated rings. The van der Waals surface area contributed by atoms with Crippen LogP contribution in [0.25, 0.3) is 0 Å². The first kappa shape index (κ1) is 17.0. The van der Waals surface area contributed by atoms with Crippen molar-refractivity contribution in [1.82, 2.24) is 14.9 Å². The second-order valence-electron chi connectivity index (χ2n) is 4.72. The molecule has 1 aromatic carbocycles. The molecule has 0 bridgehead atoms. The van der Waals surface area contributed by atoms with E-state index in [2.05, 4.69) is 26.7 Å². The van der Waals surface area contributed by atoms with Gasteiger partial charge in [-0.3, -0.25) is 0 Å². The van der Waals surface area contributed by atoms with E-state index in [1.165, 1.54) is 18.0 Å². The Morgan fingerprint density at radius 2 is 2.00 bits per heavy atom. The van der Waals surface area contributed by atoms with E-state index < -0.39 is 0 Å². The number of nitrogens with one attached hydrogen (secondary N) is 2. The SMILES string of the molecule is CNc1cnc(C#N)c(Sc2ccc(NC(=S)N(C)C)cc2)n1. The first-order valence-corrected chi connectivity index (χ1v) is 7.97. The van der Waals surface area contributed by atoms with Gasteiger partial charge < -0.3 is 15.5 Å². The molecule has 2 rings (SSSR count). The average Bonchev–Trinajstić information content (AvgIpc) is 2.56. The molecule has 6 nitrogen and oxygen atoms in total. The fraction of sp³-hybridized carbons (Fsp3) is 0.200. The minimum absolute atomic E-state index is 0.310. The minimum Gasteiger partial charge on any atom is -0.372 e. The van der Waals surface area contributed by atoms with E-state index in [0.29, 0.717) is 21.7 Å². The molecular weight excluding hydrogens is 328 g/mol. The van der Waals surface area contributed by atoms with E-state index in [1.807, 2.05) is 43.3 Å². The molecule has 0 aliphatic heterocycles. The van der Waals surface area contributed by atoms with Gasteiger partial charge in [0.25, 0.3) is 0 Å². The van der Waals surface area contributed by atoms with Crippen molar-refractivity contribution in [2.45, 2.75) is 9.92 Å². The van der Waals surface area contributed by atoms with Crippen LogP contribution < -0.4 is 10.6 Å². The van der Waals surface area contributed by atoms with Crippen molar-refractivity contribution in [1.29, 1.82) is 5.26 Å². The number of hydrogen-bond acceptors (Lipinski definition) is 6. The van der Waals surface area contributed by atoms with Crippen LogP contribution in [0.3, 0.4) is 0 Å². The first-order valence-electron chi connectivity index (χ1n) is 6.74. The van der Waals surface area contributed by atoms with Crippen molar-refractivity contribution < 1.29 is 0 Å². The van der Waals surface area contributed by atoms with Crippen LogP contribution in [0.15, 0.2) is 40.4 Å². The normalized spacial score (nSPS) is 9.83. The Morgan fingerprint density at radius 3 is 2.57 bits per heavy atom. The Hall–Kier alpha value is -2.37. The Bertz CT molecular complexity index is 737. The van der Waals surface area contributed by atoms with E-state index in [9.17, 15) is 0 Å². The molecule has 0 saturated heterocycles. The van der Waals surface area contributed by atoms with Gasteiger partial charge in [-0.05, 0) is 36.5 Å². The summed E-state index contributed by atoms with van der Waals surface area (Å²) in [6, 6.07) is 9.81. The molecule has 0 saturated carbocycles. The van der Waals surface area contributed by atoms with Gasteiger partial charge in [0.15, 0.2) is 10.8 Å². The maximum atomic E-state index is 9.14. The Morgan fingerprint density at radius 1 is 1.30 bits per heavy atom. The van der Waals surface area contributed by atoms with Crippen LogP contribution in [-0.2, 0) is 0 Å². The summed E-state index contributed by atoms with van der Waals surface area (Å²) in [6.07, 6.45) is 1.54. The minimum atomic E-state index is 0.310. The van der Waals surface area contributed by atoms with Gasteiger partial charge >= 0.3 is 0 Å². The highest BCUT2D eigenvalue weighted by Crippen LogP contribution is 2.29. The van der Waals surface area contributed by atoms with Gasteiger partial charge in [0.05, 0.1) is 6.20 Å². The van der Waals surface area contributed by atoms with E-state index in [0.717, 1.165) is 10.6 Å². The standard InChI is InChI=1S/C15H16N6S2/c1-17-13-9-18-12(8-16)14(20-13)23-11-6-4-10(5-7-11)19-15(22)21(2)3/h4-7,9H,1-3H3,(H,17,20)(H,19,22). The summed E-state index contributed by atoms with van der Waals surface area (Å²) in [7, 11) is 5.53. The van der Waals surface area contributed by atoms with Crippen LogP contribution in [-0.4, -0.2) is 41.1 Å². The zero-order valence-electron chi connectivity index (χ0n) is 13.0. The van der Waals surface area contributed by atoms with Gasteiger partial charge in [-0.25, -0.2) is 9.97 Å². The van der Waals surface area contributed by atoms with Crippen molar-refractivity contribution in [3.63, 3.8) is 0 Å². The lowest BCUT2D eigenvalue weighted by Crippen LogP contribution is -2.26. The number of aromatic nitrogens is 2. The Labute approximate surface area is 144 Å². The lowest BCUT2D eigenvalue weighted by Gasteiger charge is -2.15. The third-order valence-corrected chi connectivity index (χ3v) is 4.28. The number of nitriles is 1. The second kappa shape index (κ2) is 7.76. The van der Waals surface area contributed by atoms with Gasteiger partial charge in [-0.15, -0.1) is 0 Å². The molecule has 0 spiro atoms. The second-order valence-corrected chi connectivity index (χ2v) is 6.17. The number of nitrogens with zero attached hydrogens (tertiary/aromatic N) is 4. The van der Waals surface area contributed by atoms with Crippen molar-refractivity contribution in [3.8, 4) is 6.07 Å². The topological polar surface area (TPSA) is 76.9 Å². The summed E-state index contributed by atoms with van der Waals surface area (Å²) in [6.45, 7) is 0. The summed E-state index contributed by atoms with van der Waals surface area (Å²) in [5.74, 6) is 0.626. The predicted molar refractivity (Wildman–Crippen MR) is 96.8 cm³/mol. The van der Waals surface area contributed by atoms with Crippen molar-refractivity contribution >= 4 is 40.6 Å². The lowest BCUT2D eigenvalue weighted by molar-refractivity contribution is 0.634. The highest BCUT2D eigenvalue weighted by atomic mass is 32.2. The number of hydrogen-bond donors (Lipinski definition) is 2. The number of anilines is 2. The molecule has 0 aliphatic rings. The number of benzene rings is 1. The Kier molecular flexibility index (Phi) is 5.73. The summed E-state index contributed by atoms with van der Waals surface area (Å²) in [4.78, 5) is 11.3. The van der Waals surface area contributed by atoms with Gasteiger partial charge in [-0.2, -0.15) is 5.26 Å². The van der Waals surface area contributed by atoms with Gasteiger partial charge in [0, 0.05) is 31.7 Å². The molecule has 0 amide bonds. The fourth-order valence-electron chi connectivity index (χ4n) is 1.59. The maximum absolute atomic E-state index is 9.14. The lowest BCUT2D eigenvalue weighted by atomic mass is 10.3. The molecule has 2 N–H and O–H groups in total. The molecular formula is C15H16N6S2. The van der Waals surface area contributed by atoms with E-state index in [1.54, 1.807) is 7.05 Å². The third kappa shape index (κ3) is 4.55.